The first-order valence-electron chi connectivity index (χ1n) is 7.13. The standard InChI is InChI=1S/C17H20BrNOS/c1-13-12-15(21-16(13)18)17(20)19(2)11-7-6-10-14-8-4-3-5-9-14/h3-5,8-9,12H,6-7,10-11H2,1-2H3. The fourth-order valence-corrected chi connectivity index (χ4v) is 3.71. The Labute approximate surface area is 138 Å². The molecule has 112 valence electrons. The average molecular weight is 366 g/mol. The predicted octanol–water partition coefficient (Wildman–Crippen LogP) is 4.91. The first-order valence-corrected chi connectivity index (χ1v) is 8.74. The van der Waals surface area contributed by atoms with Crippen LogP contribution >= 0.6 is 27.3 Å². The monoisotopic (exact) mass is 365 g/mol. The number of rotatable bonds is 6. The minimum atomic E-state index is 0.119. The molecule has 0 aliphatic heterocycles. The van der Waals surface area contributed by atoms with E-state index >= 15 is 0 Å². The summed E-state index contributed by atoms with van der Waals surface area (Å²) in [5.41, 5.74) is 2.49. The highest BCUT2D eigenvalue weighted by Crippen LogP contribution is 2.28. The third-order valence-electron chi connectivity index (χ3n) is 3.47. The first-order chi connectivity index (χ1) is 10.1. The van der Waals surface area contributed by atoms with Crippen LogP contribution in [-0.4, -0.2) is 24.4 Å². The molecular weight excluding hydrogens is 346 g/mol. The van der Waals surface area contributed by atoms with Gasteiger partial charge in [0.1, 0.15) is 0 Å². The van der Waals surface area contributed by atoms with Crippen LogP contribution in [0.1, 0.15) is 33.6 Å². The lowest BCUT2D eigenvalue weighted by Gasteiger charge is -2.16. The lowest BCUT2D eigenvalue weighted by molar-refractivity contribution is 0.0797. The van der Waals surface area contributed by atoms with E-state index < -0.39 is 0 Å². The molecule has 0 bridgehead atoms. The quantitative estimate of drug-likeness (QED) is 0.665. The van der Waals surface area contributed by atoms with Crippen molar-refractivity contribution in [3.63, 3.8) is 0 Å². The van der Waals surface area contributed by atoms with Crippen LogP contribution in [0, 0.1) is 6.92 Å². The summed E-state index contributed by atoms with van der Waals surface area (Å²) in [6.45, 7) is 2.82. The topological polar surface area (TPSA) is 20.3 Å². The largest absolute Gasteiger partial charge is 0.341 e. The third kappa shape index (κ3) is 4.68. The molecule has 2 rings (SSSR count). The maximum absolute atomic E-state index is 12.3. The summed E-state index contributed by atoms with van der Waals surface area (Å²) in [5.74, 6) is 0.119. The molecule has 1 amide bonds. The van der Waals surface area contributed by atoms with Gasteiger partial charge in [0.15, 0.2) is 0 Å². The number of hydrogen-bond acceptors (Lipinski definition) is 2. The van der Waals surface area contributed by atoms with Crippen LogP contribution in [0.5, 0.6) is 0 Å². The van der Waals surface area contributed by atoms with Gasteiger partial charge in [-0.2, -0.15) is 0 Å². The normalized spacial score (nSPS) is 10.6. The smallest absolute Gasteiger partial charge is 0.263 e. The summed E-state index contributed by atoms with van der Waals surface area (Å²) in [6.07, 6.45) is 3.21. The molecule has 21 heavy (non-hydrogen) atoms. The molecule has 0 unspecified atom stereocenters. The highest BCUT2D eigenvalue weighted by Gasteiger charge is 2.15. The van der Waals surface area contributed by atoms with Crippen LogP contribution in [0.25, 0.3) is 0 Å². The maximum atomic E-state index is 12.3. The summed E-state index contributed by atoms with van der Waals surface area (Å²) in [7, 11) is 1.88. The Bertz CT molecular complexity index is 575. The van der Waals surface area contributed by atoms with Crippen molar-refractivity contribution in [3.05, 3.63) is 56.2 Å². The first kappa shape index (κ1) is 16.2. The van der Waals surface area contributed by atoms with Gasteiger partial charge in [-0.05, 0) is 59.3 Å². The minimum Gasteiger partial charge on any atom is -0.341 e. The number of amides is 1. The van der Waals surface area contributed by atoms with Gasteiger partial charge in [0, 0.05) is 13.6 Å². The summed E-state index contributed by atoms with van der Waals surface area (Å²) < 4.78 is 1.04. The van der Waals surface area contributed by atoms with Crippen molar-refractivity contribution in [1.29, 1.82) is 0 Å². The summed E-state index contributed by atoms with van der Waals surface area (Å²) in [4.78, 5) is 14.9. The molecule has 0 saturated carbocycles. The average Bonchev–Trinajstić information content (AvgIpc) is 2.83. The van der Waals surface area contributed by atoms with Crippen molar-refractivity contribution < 1.29 is 4.79 Å². The number of halogens is 1. The molecule has 2 aromatic rings. The molecule has 0 N–H and O–H groups in total. The number of nitrogens with zero attached hydrogens (tertiary/aromatic N) is 1. The highest BCUT2D eigenvalue weighted by atomic mass is 79.9. The molecule has 0 aliphatic carbocycles. The second kappa shape index (κ2) is 7.76. The second-order valence-electron chi connectivity index (χ2n) is 5.24. The third-order valence-corrected chi connectivity index (χ3v) is 5.59. The van der Waals surface area contributed by atoms with Gasteiger partial charge < -0.3 is 4.90 Å². The van der Waals surface area contributed by atoms with Crippen molar-refractivity contribution >= 4 is 33.2 Å². The molecule has 0 fully saturated rings. The Morgan fingerprint density at radius 1 is 1.24 bits per heavy atom. The lowest BCUT2D eigenvalue weighted by Crippen LogP contribution is -2.27. The van der Waals surface area contributed by atoms with E-state index in [9.17, 15) is 4.79 Å². The van der Waals surface area contributed by atoms with Crippen molar-refractivity contribution in [2.75, 3.05) is 13.6 Å². The molecule has 0 spiro atoms. The number of hydrogen-bond donors (Lipinski definition) is 0. The van der Waals surface area contributed by atoms with Crippen LogP contribution < -0.4 is 0 Å². The van der Waals surface area contributed by atoms with Gasteiger partial charge in [-0.1, -0.05) is 30.3 Å². The van der Waals surface area contributed by atoms with Gasteiger partial charge in [-0.25, -0.2) is 0 Å². The predicted molar refractivity (Wildman–Crippen MR) is 93.1 cm³/mol. The van der Waals surface area contributed by atoms with Gasteiger partial charge in [0.25, 0.3) is 5.91 Å². The van der Waals surface area contributed by atoms with E-state index in [2.05, 4.69) is 40.2 Å². The molecular formula is C17H20BrNOS. The molecule has 1 heterocycles. The van der Waals surface area contributed by atoms with E-state index in [0.29, 0.717) is 0 Å². The number of aryl methyl sites for hydroxylation is 2. The number of thiophene rings is 1. The van der Waals surface area contributed by atoms with Gasteiger partial charge >= 0.3 is 0 Å². The van der Waals surface area contributed by atoms with Crippen molar-refractivity contribution in [2.24, 2.45) is 0 Å². The zero-order valence-electron chi connectivity index (χ0n) is 12.4. The van der Waals surface area contributed by atoms with Crippen LogP contribution in [0.4, 0.5) is 0 Å². The Morgan fingerprint density at radius 3 is 2.57 bits per heavy atom. The van der Waals surface area contributed by atoms with Crippen LogP contribution in [0.2, 0.25) is 0 Å². The van der Waals surface area contributed by atoms with Gasteiger partial charge in [0.2, 0.25) is 0 Å². The van der Waals surface area contributed by atoms with E-state index in [1.54, 1.807) is 0 Å². The molecule has 0 atom stereocenters. The Morgan fingerprint density at radius 2 is 1.95 bits per heavy atom. The fourth-order valence-electron chi connectivity index (χ4n) is 2.18. The van der Waals surface area contributed by atoms with Crippen LogP contribution in [-0.2, 0) is 6.42 Å². The zero-order chi connectivity index (χ0) is 15.2. The Balaban J connectivity index is 1.76. The summed E-state index contributed by atoms with van der Waals surface area (Å²) in [6, 6.07) is 12.4. The summed E-state index contributed by atoms with van der Waals surface area (Å²) >= 11 is 4.98. The molecule has 0 aliphatic rings. The number of carbonyl (C=O) groups is 1. The fraction of sp³-hybridized carbons (Fsp3) is 0.353. The van der Waals surface area contributed by atoms with E-state index in [1.807, 2.05) is 31.0 Å². The molecule has 0 radical (unpaired) electrons. The SMILES string of the molecule is Cc1cc(C(=O)N(C)CCCCc2ccccc2)sc1Br. The minimum absolute atomic E-state index is 0.119. The second-order valence-corrected chi connectivity index (χ2v) is 7.61. The van der Waals surface area contributed by atoms with E-state index in [-0.39, 0.29) is 5.91 Å². The number of unbranched alkanes of at least 4 members (excludes halogenated alkanes) is 1. The van der Waals surface area contributed by atoms with E-state index in [1.165, 1.54) is 16.9 Å². The van der Waals surface area contributed by atoms with E-state index in [4.69, 9.17) is 0 Å². The van der Waals surface area contributed by atoms with Crippen LogP contribution in [0.15, 0.2) is 40.2 Å². The zero-order valence-corrected chi connectivity index (χ0v) is 14.8. The Hall–Kier alpha value is -1.13. The highest BCUT2D eigenvalue weighted by molar-refractivity contribution is 9.11. The number of benzene rings is 1. The molecule has 1 aromatic carbocycles. The van der Waals surface area contributed by atoms with Crippen molar-refractivity contribution in [1.82, 2.24) is 4.90 Å². The Kier molecular flexibility index (Phi) is 6.00. The lowest BCUT2D eigenvalue weighted by atomic mass is 10.1. The van der Waals surface area contributed by atoms with Gasteiger partial charge in [0.05, 0.1) is 8.66 Å². The van der Waals surface area contributed by atoms with E-state index in [0.717, 1.165) is 40.0 Å². The number of carbonyl (C=O) groups excluding carboxylic acids is 1. The molecule has 1 aromatic heterocycles. The molecule has 0 saturated heterocycles. The van der Waals surface area contributed by atoms with Crippen molar-refractivity contribution in [3.8, 4) is 0 Å². The van der Waals surface area contributed by atoms with Gasteiger partial charge in [-0.15, -0.1) is 11.3 Å². The van der Waals surface area contributed by atoms with Crippen LogP contribution in [0.3, 0.4) is 0 Å². The van der Waals surface area contributed by atoms with Crippen molar-refractivity contribution in [2.45, 2.75) is 26.2 Å². The summed E-state index contributed by atoms with van der Waals surface area (Å²) in [5, 5.41) is 0. The molecule has 4 heteroatoms. The maximum Gasteiger partial charge on any atom is 0.263 e. The molecule has 2 nitrogen and oxygen atoms in total. The van der Waals surface area contributed by atoms with Gasteiger partial charge in [-0.3, -0.25) is 4.79 Å².